The summed E-state index contributed by atoms with van der Waals surface area (Å²) in [6, 6.07) is -0.0821. The van der Waals surface area contributed by atoms with Crippen LogP contribution in [0.5, 0.6) is 0 Å². The third kappa shape index (κ3) is 2.29. The minimum Gasteiger partial charge on any atom is -0.481 e. The van der Waals surface area contributed by atoms with Gasteiger partial charge >= 0.3 is 12.0 Å². The van der Waals surface area contributed by atoms with Gasteiger partial charge in [-0.3, -0.25) is 10.2 Å². The van der Waals surface area contributed by atoms with Crippen LogP contribution >= 0.6 is 0 Å². The van der Waals surface area contributed by atoms with Crippen LogP contribution in [0.15, 0.2) is 0 Å². The Labute approximate surface area is 112 Å². The van der Waals surface area contributed by atoms with E-state index in [9.17, 15) is 14.7 Å². The first-order chi connectivity index (χ1) is 9.16. The number of hydrogen-bond donors (Lipinski definition) is 2. The minimum atomic E-state index is -0.761. The SMILES string of the molecule is O=C(O)C1CC2CCC1N2C(=O)NN1CCCCC1. The summed E-state index contributed by atoms with van der Waals surface area (Å²) in [5, 5.41) is 11.2. The standard InChI is InChI=1S/C13H21N3O3/c17-12(18)10-8-9-4-5-11(10)16(9)13(19)14-15-6-2-1-3-7-15/h9-11H,1-8H2,(H,14,19)(H,17,18). The van der Waals surface area contributed by atoms with Gasteiger partial charge in [-0.05, 0) is 32.1 Å². The Morgan fingerprint density at radius 3 is 2.47 bits per heavy atom. The second-order valence-electron chi connectivity index (χ2n) is 5.85. The molecule has 0 aromatic heterocycles. The van der Waals surface area contributed by atoms with E-state index in [4.69, 9.17) is 0 Å². The Morgan fingerprint density at radius 2 is 1.84 bits per heavy atom. The van der Waals surface area contributed by atoms with Crippen LogP contribution in [0.1, 0.15) is 38.5 Å². The number of carbonyl (C=O) groups is 2. The summed E-state index contributed by atoms with van der Waals surface area (Å²) in [5.74, 6) is -1.13. The quantitative estimate of drug-likeness (QED) is 0.784. The maximum Gasteiger partial charge on any atom is 0.332 e. The van der Waals surface area contributed by atoms with E-state index >= 15 is 0 Å². The minimum absolute atomic E-state index is 0.0989. The second kappa shape index (κ2) is 5.00. The van der Waals surface area contributed by atoms with Crippen molar-refractivity contribution in [3.63, 3.8) is 0 Å². The van der Waals surface area contributed by atoms with Gasteiger partial charge in [0.05, 0.1) is 5.92 Å². The number of nitrogens with zero attached hydrogens (tertiary/aromatic N) is 2. The molecule has 0 aromatic carbocycles. The number of amides is 2. The molecule has 6 nitrogen and oxygen atoms in total. The van der Waals surface area contributed by atoms with E-state index in [1.807, 2.05) is 5.01 Å². The number of nitrogens with one attached hydrogen (secondary N) is 1. The van der Waals surface area contributed by atoms with Crippen LogP contribution in [-0.2, 0) is 4.79 Å². The van der Waals surface area contributed by atoms with Crippen LogP contribution in [0.3, 0.4) is 0 Å². The summed E-state index contributed by atoms with van der Waals surface area (Å²) in [5.41, 5.74) is 2.95. The number of rotatable bonds is 2. The van der Waals surface area contributed by atoms with Crippen LogP contribution in [0, 0.1) is 5.92 Å². The lowest BCUT2D eigenvalue weighted by atomic mass is 9.89. The smallest absolute Gasteiger partial charge is 0.332 e. The summed E-state index contributed by atoms with van der Waals surface area (Å²) < 4.78 is 0. The lowest BCUT2D eigenvalue weighted by molar-refractivity contribution is -0.142. The van der Waals surface area contributed by atoms with E-state index < -0.39 is 5.97 Å². The molecule has 19 heavy (non-hydrogen) atoms. The third-order valence-corrected chi connectivity index (χ3v) is 4.70. The highest BCUT2D eigenvalue weighted by atomic mass is 16.4. The highest BCUT2D eigenvalue weighted by Gasteiger charge is 2.51. The van der Waals surface area contributed by atoms with E-state index in [0.717, 1.165) is 38.8 Å². The number of carboxylic acid groups (broad SMARTS) is 1. The molecule has 3 unspecified atom stereocenters. The number of aliphatic carboxylic acids is 1. The third-order valence-electron chi connectivity index (χ3n) is 4.70. The zero-order valence-corrected chi connectivity index (χ0v) is 11.0. The predicted octanol–water partition coefficient (Wildman–Crippen LogP) is 1.03. The average Bonchev–Trinajstić information content (AvgIpc) is 2.97. The molecule has 0 radical (unpaired) electrons. The lowest BCUT2D eigenvalue weighted by Crippen LogP contribution is -2.52. The molecule has 0 spiro atoms. The van der Waals surface area contributed by atoms with Crippen molar-refractivity contribution in [1.29, 1.82) is 0 Å². The normalized spacial score (nSPS) is 34.5. The van der Waals surface area contributed by atoms with Gasteiger partial charge in [-0.2, -0.15) is 0 Å². The second-order valence-corrected chi connectivity index (χ2v) is 5.85. The Hall–Kier alpha value is -1.30. The van der Waals surface area contributed by atoms with Gasteiger partial charge in [-0.25, -0.2) is 9.80 Å². The summed E-state index contributed by atoms with van der Waals surface area (Å²) in [6.07, 6.45) is 5.85. The monoisotopic (exact) mass is 267 g/mol. The van der Waals surface area contributed by atoms with Gasteiger partial charge in [-0.15, -0.1) is 0 Å². The van der Waals surface area contributed by atoms with Crippen LogP contribution < -0.4 is 5.43 Å². The number of carboxylic acids is 1. The fraction of sp³-hybridized carbons (Fsp3) is 0.846. The average molecular weight is 267 g/mol. The highest BCUT2D eigenvalue weighted by molar-refractivity contribution is 5.79. The predicted molar refractivity (Wildman–Crippen MR) is 68.3 cm³/mol. The summed E-state index contributed by atoms with van der Waals surface area (Å²) >= 11 is 0. The van der Waals surface area contributed by atoms with Crippen LogP contribution in [0.2, 0.25) is 0 Å². The zero-order valence-electron chi connectivity index (χ0n) is 11.0. The molecule has 3 atom stereocenters. The molecular formula is C13H21N3O3. The molecule has 6 heteroatoms. The first kappa shape index (κ1) is 12.7. The van der Waals surface area contributed by atoms with Crippen molar-refractivity contribution in [2.45, 2.75) is 50.6 Å². The molecule has 0 aliphatic carbocycles. The maximum absolute atomic E-state index is 12.3. The summed E-state index contributed by atoms with van der Waals surface area (Å²) in [4.78, 5) is 25.3. The first-order valence-corrected chi connectivity index (χ1v) is 7.23. The molecular weight excluding hydrogens is 246 g/mol. The Bertz CT molecular complexity index is 381. The highest BCUT2D eigenvalue weighted by Crippen LogP contribution is 2.41. The number of piperidine rings is 1. The topological polar surface area (TPSA) is 72.9 Å². The Morgan fingerprint density at radius 1 is 1.11 bits per heavy atom. The van der Waals surface area contributed by atoms with Crippen molar-refractivity contribution in [3.05, 3.63) is 0 Å². The molecule has 3 fully saturated rings. The van der Waals surface area contributed by atoms with Gasteiger partial charge in [0.25, 0.3) is 0 Å². The molecule has 2 amide bonds. The molecule has 3 heterocycles. The first-order valence-electron chi connectivity index (χ1n) is 7.23. The van der Waals surface area contributed by atoms with Gasteiger partial charge in [0.1, 0.15) is 0 Å². The molecule has 2 N–H and O–H groups in total. The van der Waals surface area contributed by atoms with Crippen molar-refractivity contribution >= 4 is 12.0 Å². The lowest BCUT2D eigenvalue weighted by Gasteiger charge is -2.31. The number of fused-ring (bicyclic) bond motifs is 2. The largest absolute Gasteiger partial charge is 0.481 e. The molecule has 3 saturated heterocycles. The van der Waals surface area contributed by atoms with Crippen molar-refractivity contribution in [2.24, 2.45) is 5.92 Å². The fourth-order valence-electron chi connectivity index (χ4n) is 3.77. The van der Waals surface area contributed by atoms with Gasteiger partial charge < -0.3 is 10.0 Å². The van der Waals surface area contributed by atoms with Crippen molar-refractivity contribution in [1.82, 2.24) is 15.3 Å². The molecule has 0 aromatic rings. The molecule has 3 rings (SSSR count). The molecule has 0 saturated carbocycles. The number of carbonyl (C=O) groups excluding carboxylic acids is 1. The maximum atomic E-state index is 12.3. The van der Waals surface area contributed by atoms with Crippen molar-refractivity contribution in [2.75, 3.05) is 13.1 Å². The summed E-state index contributed by atoms with van der Waals surface area (Å²) in [7, 11) is 0. The number of urea groups is 1. The van der Waals surface area contributed by atoms with E-state index in [1.54, 1.807) is 4.90 Å². The van der Waals surface area contributed by atoms with Gasteiger partial charge in [0, 0.05) is 25.2 Å². The Kier molecular flexibility index (Phi) is 3.35. The van der Waals surface area contributed by atoms with E-state index in [1.165, 1.54) is 6.42 Å². The number of hydrazine groups is 1. The van der Waals surface area contributed by atoms with Crippen LogP contribution in [-0.4, -0.2) is 52.2 Å². The Balaban J connectivity index is 1.62. The number of hydrogen-bond acceptors (Lipinski definition) is 3. The van der Waals surface area contributed by atoms with Gasteiger partial charge in [0.2, 0.25) is 0 Å². The van der Waals surface area contributed by atoms with Crippen molar-refractivity contribution in [3.8, 4) is 0 Å². The molecule has 106 valence electrons. The zero-order chi connectivity index (χ0) is 13.4. The van der Waals surface area contributed by atoms with E-state index in [-0.39, 0.29) is 24.0 Å². The van der Waals surface area contributed by atoms with Gasteiger partial charge in [0.15, 0.2) is 0 Å². The molecule has 2 bridgehead atoms. The molecule has 3 aliphatic heterocycles. The fourth-order valence-corrected chi connectivity index (χ4v) is 3.77. The van der Waals surface area contributed by atoms with Gasteiger partial charge in [-0.1, -0.05) is 6.42 Å². The van der Waals surface area contributed by atoms with Crippen LogP contribution in [0.4, 0.5) is 4.79 Å². The molecule has 3 aliphatic rings. The van der Waals surface area contributed by atoms with E-state index in [0.29, 0.717) is 6.42 Å². The van der Waals surface area contributed by atoms with E-state index in [2.05, 4.69) is 5.43 Å². The van der Waals surface area contributed by atoms with Crippen molar-refractivity contribution < 1.29 is 14.7 Å². The van der Waals surface area contributed by atoms with Crippen LogP contribution in [0.25, 0.3) is 0 Å². The summed E-state index contributed by atoms with van der Waals surface area (Å²) in [6.45, 7) is 1.80.